The lowest BCUT2D eigenvalue weighted by Crippen LogP contribution is -2.17. The number of aryl methyl sites for hydroxylation is 1. The number of carbonyl (C=O) groups is 1. The number of allylic oxidation sites excluding steroid dienone is 1. The molecule has 0 aliphatic heterocycles. The van der Waals surface area contributed by atoms with Crippen LogP contribution in [0.25, 0.3) is 0 Å². The number of hydrogen-bond acceptors (Lipinski definition) is 2. The molecule has 1 aromatic carbocycles. The molecule has 0 amide bonds. The summed E-state index contributed by atoms with van der Waals surface area (Å²) in [4.78, 5) is 23.9. The average Bonchev–Trinajstić information content (AvgIpc) is 2.50. The van der Waals surface area contributed by atoms with Crippen LogP contribution < -0.4 is 5.56 Å². The quantitative estimate of drug-likeness (QED) is 0.575. The minimum Gasteiger partial charge on any atom is -0.318 e. The molecule has 2 aromatic rings. The first-order valence-electron chi connectivity index (χ1n) is 7.07. The van der Waals surface area contributed by atoms with Crippen LogP contribution in [0.4, 0.5) is 0 Å². The SMILES string of the molecule is C=CCC(CC(=O)c1ccc(=O)n(C)c1)c1ccc(Br)cc1. The van der Waals surface area contributed by atoms with E-state index < -0.39 is 0 Å². The number of pyridine rings is 1. The highest BCUT2D eigenvalue weighted by Crippen LogP contribution is 2.26. The molecular formula is C18H18BrNO2. The molecule has 0 saturated heterocycles. The number of carbonyl (C=O) groups excluding carboxylic acids is 1. The lowest BCUT2D eigenvalue weighted by Gasteiger charge is -2.15. The highest BCUT2D eigenvalue weighted by Gasteiger charge is 2.16. The zero-order valence-corrected chi connectivity index (χ0v) is 14.0. The second kappa shape index (κ2) is 7.36. The normalized spacial score (nSPS) is 11.9. The minimum absolute atomic E-state index is 0.0327. The Morgan fingerprint density at radius 1 is 1.27 bits per heavy atom. The third-order valence-electron chi connectivity index (χ3n) is 3.63. The lowest BCUT2D eigenvalue weighted by atomic mass is 9.89. The number of ketones is 1. The van der Waals surface area contributed by atoms with Crippen LogP contribution in [0.15, 0.2) is 64.5 Å². The lowest BCUT2D eigenvalue weighted by molar-refractivity contribution is 0.0973. The second-order valence-corrected chi connectivity index (χ2v) is 6.18. The van der Waals surface area contributed by atoms with Gasteiger partial charge in [0.2, 0.25) is 5.56 Å². The third-order valence-corrected chi connectivity index (χ3v) is 4.16. The van der Waals surface area contributed by atoms with E-state index in [1.54, 1.807) is 19.3 Å². The molecule has 0 N–H and O–H groups in total. The summed E-state index contributed by atoms with van der Waals surface area (Å²) in [5, 5.41) is 0. The number of hydrogen-bond donors (Lipinski definition) is 0. The molecule has 0 fully saturated rings. The van der Waals surface area contributed by atoms with Gasteiger partial charge < -0.3 is 4.57 Å². The molecule has 0 spiro atoms. The van der Waals surface area contributed by atoms with Gasteiger partial charge in [-0.25, -0.2) is 0 Å². The summed E-state index contributed by atoms with van der Waals surface area (Å²) in [6.07, 6.45) is 4.56. The van der Waals surface area contributed by atoms with E-state index in [-0.39, 0.29) is 17.3 Å². The van der Waals surface area contributed by atoms with Gasteiger partial charge in [-0.3, -0.25) is 9.59 Å². The topological polar surface area (TPSA) is 39.1 Å². The molecule has 114 valence electrons. The Morgan fingerprint density at radius 2 is 1.95 bits per heavy atom. The molecule has 1 heterocycles. The van der Waals surface area contributed by atoms with E-state index in [9.17, 15) is 9.59 Å². The Morgan fingerprint density at radius 3 is 2.55 bits per heavy atom. The van der Waals surface area contributed by atoms with Gasteiger partial charge in [0.1, 0.15) is 0 Å². The fourth-order valence-corrected chi connectivity index (χ4v) is 2.64. The minimum atomic E-state index is -0.118. The summed E-state index contributed by atoms with van der Waals surface area (Å²) >= 11 is 3.42. The molecule has 0 aliphatic rings. The van der Waals surface area contributed by atoms with Crippen molar-refractivity contribution in [2.24, 2.45) is 7.05 Å². The van der Waals surface area contributed by atoms with Crippen LogP contribution in [-0.2, 0) is 7.05 Å². The summed E-state index contributed by atoms with van der Waals surface area (Å²) in [6, 6.07) is 11.0. The van der Waals surface area contributed by atoms with Gasteiger partial charge in [0.15, 0.2) is 5.78 Å². The molecule has 1 aromatic heterocycles. The smallest absolute Gasteiger partial charge is 0.250 e. The number of nitrogens with zero attached hydrogens (tertiary/aromatic N) is 1. The molecule has 4 heteroatoms. The Balaban J connectivity index is 2.21. The number of aromatic nitrogens is 1. The summed E-state index contributed by atoms with van der Waals surface area (Å²) in [7, 11) is 1.65. The van der Waals surface area contributed by atoms with Gasteiger partial charge in [-0.15, -0.1) is 6.58 Å². The highest BCUT2D eigenvalue weighted by atomic mass is 79.9. The fourth-order valence-electron chi connectivity index (χ4n) is 2.37. The van der Waals surface area contributed by atoms with Crippen molar-refractivity contribution in [2.75, 3.05) is 0 Å². The van der Waals surface area contributed by atoms with E-state index in [0.29, 0.717) is 12.0 Å². The number of Topliss-reactive ketones (excluding diaryl/α,β-unsaturated/α-hetero) is 1. The van der Waals surface area contributed by atoms with E-state index >= 15 is 0 Å². The van der Waals surface area contributed by atoms with Crippen LogP contribution in [0, 0.1) is 0 Å². The summed E-state index contributed by atoms with van der Waals surface area (Å²) < 4.78 is 2.44. The highest BCUT2D eigenvalue weighted by molar-refractivity contribution is 9.10. The Hall–Kier alpha value is -1.94. The van der Waals surface area contributed by atoms with E-state index in [4.69, 9.17) is 0 Å². The van der Waals surface area contributed by atoms with Crippen molar-refractivity contribution in [1.82, 2.24) is 4.57 Å². The zero-order valence-electron chi connectivity index (χ0n) is 12.5. The van der Waals surface area contributed by atoms with E-state index in [1.165, 1.54) is 10.6 Å². The maximum atomic E-state index is 12.5. The molecule has 2 rings (SSSR count). The van der Waals surface area contributed by atoms with E-state index in [1.807, 2.05) is 30.3 Å². The molecule has 1 unspecified atom stereocenters. The van der Waals surface area contributed by atoms with Gasteiger partial charge in [0.05, 0.1) is 0 Å². The van der Waals surface area contributed by atoms with Crippen LogP contribution in [0.5, 0.6) is 0 Å². The maximum absolute atomic E-state index is 12.5. The maximum Gasteiger partial charge on any atom is 0.250 e. The summed E-state index contributed by atoms with van der Waals surface area (Å²) in [5.41, 5.74) is 1.56. The summed E-state index contributed by atoms with van der Waals surface area (Å²) in [6.45, 7) is 3.78. The van der Waals surface area contributed by atoms with Gasteiger partial charge >= 0.3 is 0 Å². The molecule has 1 atom stereocenters. The van der Waals surface area contributed by atoms with Crippen molar-refractivity contribution in [3.05, 3.63) is 81.2 Å². The first-order valence-corrected chi connectivity index (χ1v) is 7.87. The summed E-state index contributed by atoms with van der Waals surface area (Å²) in [5.74, 6) is 0.126. The largest absolute Gasteiger partial charge is 0.318 e. The van der Waals surface area contributed by atoms with Gasteiger partial charge in [0.25, 0.3) is 0 Å². The number of halogens is 1. The van der Waals surface area contributed by atoms with Gasteiger partial charge in [0, 0.05) is 35.8 Å². The van der Waals surface area contributed by atoms with Crippen LogP contribution >= 0.6 is 15.9 Å². The van der Waals surface area contributed by atoms with Crippen molar-refractivity contribution < 1.29 is 4.79 Å². The van der Waals surface area contributed by atoms with Crippen molar-refractivity contribution in [3.8, 4) is 0 Å². The van der Waals surface area contributed by atoms with Gasteiger partial charge in [-0.2, -0.15) is 0 Å². The van der Waals surface area contributed by atoms with Crippen LogP contribution in [0.1, 0.15) is 34.7 Å². The van der Waals surface area contributed by atoms with Crippen LogP contribution in [-0.4, -0.2) is 10.4 Å². The standard InChI is InChI=1S/C18H18BrNO2/c1-3-4-14(13-5-8-16(19)9-6-13)11-17(21)15-7-10-18(22)20(2)12-15/h3,5-10,12,14H,1,4,11H2,2H3. The first-order chi connectivity index (χ1) is 10.5. The van der Waals surface area contributed by atoms with Crippen LogP contribution in [0.2, 0.25) is 0 Å². The molecule has 22 heavy (non-hydrogen) atoms. The van der Waals surface area contributed by atoms with Crippen molar-refractivity contribution in [3.63, 3.8) is 0 Å². The van der Waals surface area contributed by atoms with E-state index in [0.717, 1.165) is 16.5 Å². The Bertz CT molecular complexity index is 731. The molecule has 0 aliphatic carbocycles. The molecule has 0 saturated carbocycles. The predicted molar refractivity (Wildman–Crippen MR) is 92.3 cm³/mol. The molecule has 0 bridgehead atoms. The zero-order chi connectivity index (χ0) is 16.1. The number of rotatable bonds is 6. The first kappa shape index (κ1) is 16.4. The molecular weight excluding hydrogens is 342 g/mol. The number of benzene rings is 1. The Labute approximate surface area is 138 Å². The van der Waals surface area contributed by atoms with Crippen molar-refractivity contribution in [1.29, 1.82) is 0 Å². The van der Waals surface area contributed by atoms with Crippen molar-refractivity contribution >= 4 is 21.7 Å². The van der Waals surface area contributed by atoms with Gasteiger partial charge in [-0.1, -0.05) is 34.1 Å². The molecule has 3 nitrogen and oxygen atoms in total. The molecule has 0 radical (unpaired) electrons. The predicted octanol–water partition coefficient (Wildman–Crippen LogP) is 4.08. The van der Waals surface area contributed by atoms with Crippen molar-refractivity contribution in [2.45, 2.75) is 18.8 Å². The average molecular weight is 360 g/mol. The monoisotopic (exact) mass is 359 g/mol. The Kier molecular flexibility index (Phi) is 5.50. The van der Waals surface area contributed by atoms with E-state index in [2.05, 4.69) is 22.5 Å². The van der Waals surface area contributed by atoms with Gasteiger partial charge in [-0.05, 0) is 36.1 Å². The third kappa shape index (κ3) is 4.04. The fraction of sp³-hybridized carbons (Fsp3) is 0.222. The van der Waals surface area contributed by atoms with Crippen LogP contribution in [0.3, 0.4) is 0 Å². The second-order valence-electron chi connectivity index (χ2n) is 5.27.